The van der Waals surface area contributed by atoms with Gasteiger partial charge in [0.25, 0.3) is 17.7 Å². The lowest BCUT2D eigenvalue weighted by molar-refractivity contribution is -0.147. The van der Waals surface area contributed by atoms with Gasteiger partial charge in [0.05, 0.1) is 17.7 Å². The summed E-state index contributed by atoms with van der Waals surface area (Å²) < 4.78 is 5.05. The second kappa shape index (κ2) is 6.74. The molecule has 1 saturated heterocycles. The van der Waals surface area contributed by atoms with Crippen LogP contribution >= 0.6 is 0 Å². The Bertz CT molecular complexity index is 854. The highest BCUT2D eigenvalue weighted by Crippen LogP contribution is 2.34. The van der Waals surface area contributed by atoms with Crippen LogP contribution in [0.1, 0.15) is 46.4 Å². The molecule has 28 heavy (non-hydrogen) atoms. The molecule has 1 aliphatic carbocycles. The molecule has 4 rings (SSSR count). The highest BCUT2D eigenvalue weighted by molar-refractivity contribution is 6.21. The van der Waals surface area contributed by atoms with E-state index in [2.05, 4.69) is 5.32 Å². The van der Waals surface area contributed by atoms with Crippen molar-refractivity contribution in [3.8, 4) is 0 Å². The summed E-state index contributed by atoms with van der Waals surface area (Å²) in [6.07, 6.45) is 2.85. The first-order valence-electron chi connectivity index (χ1n) is 9.18. The fourth-order valence-electron chi connectivity index (χ4n) is 4.00. The Balaban J connectivity index is 1.30. The molecule has 0 bridgehead atoms. The molecule has 2 fully saturated rings. The van der Waals surface area contributed by atoms with E-state index in [4.69, 9.17) is 4.74 Å². The average molecular weight is 385 g/mol. The summed E-state index contributed by atoms with van der Waals surface area (Å²) in [6.45, 7) is -0.796. The third kappa shape index (κ3) is 2.83. The van der Waals surface area contributed by atoms with Crippen LogP contribution in [-0.4, -0.2) is 64.8 Å². The van der Waals surface area contributed by atoms with Crippen molar-refractivity contribution in [3.63, 3.8) is 0 Å². The van der Waals surface area contributed by atoms with Crippen molar-refractivity contribution in [3.05, 3.63) is 35.4 Å². The highest BCUT2D eigenvalue weighted by Gasteiger charge is 2.52. The van der Waals surface area contributed by atoms with Crippen molar-refractivity contribution in [1.82, 2.24) is 15.1 Å². The Hall–Kier alpha value is -3.23. The van der Waals surface area contributed by atoms with Crippen LogP contribution in [-0.2, 0) is 14.3 Å². The van der Waals surface area contributed by atoms with Crippen LogP contribution in [0.3, 0.4) is 0 Å². The van der Waals surface area contributed by atoms with Crippen LogP contribution in [0.25, 0.3) is 0 Å². The molecule has 1 aromatic carbocycles. The molecule has 0 unspecified atom stereocenters. The largest absolute Gasteiger partial charge is 0.462 e. The van der Waals surface area contributed by atoms with Gasteiger partial charge in [0, 0.05) is 0 Å². The van der Waals surface area contributed by atoms with Crippen LogP contribution in [0, 0.1) is 0 Å². The molecule has 146 valence electrons. The van der Waals surface area contributed by atoms with Gasteiger partial charge in [0.2, 0.25) is 0 Å². The van der Waals surface area contributed by atoms with Crippen LogP contribution in [0.5, 0.6) is 0 Å². The lowest BCUT2D eigenvalue weighted by Gasteiger charge is -2.19. The molecule has 9 nitrogen and oxygen atoms in total. The number of nitrogens with one attached hydrogen (secondary N) is 1. The first-order valence-corrected chi connectivity index (χ1v) is 9.18. The van der Waals surface area contributed by atoms with E-state index in [0.717, 1.165) is 22.6 Å². The van der Waals surface area contributed by atoms with Crippen molar-refractivity contribution in [2.45, 2.75) is 31.2 Å². The normalized spacial score (nSPS) is 20.1. The number of imide groups is 2. The van der Waals surface area contributed by atoms with Gasteiger partial charge in [0.15, 0.2) is 0 Å². The minimum absolute atomic E-state index is 0.0951. The maximum atomic E-state index is 12.5. The smallest absolute Gasteiger partial charge is 0.326 e. The molecular formula is C19H19N3O6. The Morgan fingerprint density at radius 3 is 2.21 bits per heavy atom. The number of rotatable bonds is 5. The summed E-state index contributed by atoms with van der Waals surface area (Å²) in [7, 11) is 0. The van der Waals surface area contributed by atoms with Crippen molar-refractivity contribution >= 4 is 29.7 Å². The zero-order valence-corrected chi connectivity index (χ0v) is 15.1. The number of carbonyl (C=O) groups excluding carboxylic acids is 5. The number of amides is 5. The van der Waals surface area contributed by atoms with E-state index in [0.29, 0.717) is 24.0 Å². The number of carbonyl (C=O) groups is 5. The number of hydrogen-bond donors (Lipinski definition) is 1. The fourth-order valence-corrected chi connectivity index (χ4v) is 4.00. The van der Waals surface area contributed by atoms with Gasteiger partial charge in [-0.25, -0.2) is 4.79 Å². The number of urea groups is 1. The molecule has 1 N–H and O–H groups in total. The van der Waals surface area contributed by atoms with E-state index in [1.165, 1.54) is 0 Å². The number of ether oxygens (including phenoxy) is 1. The first kappa shape index (κ1) is 18.1. The van der Waals surface area contributed by atoms with E-state index in [1.807, 2.05) is 0 Å². The van der Waals surface area contributed by atoms with E-state index in [9.17, 15) is 24.0 Å². The Labute approximate surface area is 160 Å². The number of nitrogens with zero attached hydrogens (tertiary/aromatic N) is 2. The zero-order valence-electron chi connectivity index (χ0n) is 15.1. The maximum Gasteiger partial charge on any atom is 0.326 e. The summed E-state index contributed by atoms with van der Waals surface area (Å²) >= 11 is 0. The van der Waals surface area contributed by atoms with Gasteiger partial charge in [-0.1, -0.05) is 25.0 Å². The zero-order chi connectivity index (χ0) is 19.9. The lowest BCUT2D eigenvalue weighted by Crippen LogP contribution is -2.44. The molecule has 2 heterocycles. The monoisotopic (exact) mass is 385 g/mol. The van der Waals surface area contributed by atoms with Gasteiger partial charge in [0.1, 0.15) is 18.7 Å². The number of benzene rings is 1. The van der Waals surface area contributed by atoms with Crippen molar-refractivity contribution in [1.29, 1.82) is 0 Å². The second-order valence-corrected chi connectivity index (χ2v) is 7.14. The van der Waals surface area contributed by atoms with Gasteiger partial charge in [-0.15, -0.1) is 0 Å². The third-order valence-corrected chi connectivity index (χ3v) is 5.45. The molecule has 1 aromatic rings. The topological polar surface area (TPSA) is 113 Å². The van der Waals surface area contributed by atoms with Crippen molar-refractivity contribution in [2.24, 2.45) is 0 Å². The summed E-state index contributed by atoms with van der Waals surface area (Å²) in [4.78, 5) is 63.0. The Morgan fingerprint density at radius 2 is 1.61 bits per heavy atom. The molecule has 2 aliphatic heterocycles. The van der Waals surface area contributed by atoms with Crippen LogP contribution in [0.15, 0.2) is 24.3 Å². The summed E-state index contributed by atoms with van der Waals surface area (Å²) in [5, 5.41) is 2.69. The Kier molecular flexibility index (Phi) is 4.37. The minimum Gasteiger partial charge on any atom is -0.462 e. The number of hydrogen-bond acceptors (Lipinski definition) is 6. The maximum absolute atomic E-state index is 12.5. The second-order valence-electron chi connectivity index (χ2n) is 7.14. The SMILES string of the molecule is O=C(CN1C(=O)NC2(CCCC2)C1=O)OCCN1C(=O)c2ccccc2C1=O. The number of fused-ring (bicyclic) bond motifs is 1. The quantitative estimate of drug-likeness (QED) is 0.453. The predicted octanol–water partition coefficient (Wildman–Crippen LogP) is 0.690. The van der Waals surface area contributed by atoms with Crippen molar-refractivity contribution in [2.75, 3.05) is 19.7 Å². The van der Waals surface area contributed by atoms with E-state index in [-0.39, 0.29) is 13.2 Å². The molecule has 1 saturated carbocycles. The van der Waals surface area contributed by atoms with E-state index >= 15 is 0 Å². The van der Waals surface area contributed by atoms with E-state index in [1.54, 1.807) is 24.3 Å². The molecule has 0 radical (unpaired) electrons. The van der Waals surface area contributed by atoms with Gasteiger partial charge in [-0.3, -0.25) is 29.0 Å². The van der Waals surface area contributed by atoms with Crippen molar-refractivity contribution < 1.29 is 28.7 Å². The summed E-state index contributed by atoms with van der Waals surface area (Å²) in [6, 6.07) is 5.88. The summed E-state index contributed by atoms with van der Waals surface area (Å²) in [5.41, 5.74) is -0.239. The van der Waals surface area contributed by atoms with Crippen LogP contribution in [0.4, 0.5) is 4.79 Å². The highest BCUT2D eigenvalue weighted by atomic mass is 16.5. The van der Waals surface area contributed by atoms with Gasteiger partial charge < -0.3 is 10.1 Å². The standard InChI is InChI=1S/C19H19N3O6/c23-14(11-22-17(26)19(20-18(22)27)7-3-4-8-19)28-10-9-21-15(24)12-5-1-2-6-13(12)16(21)25/h1-2,5-6H,3-4,7-11H2,(H,20,27). The average Bonchev–Trinajstić information content (AvgIpc) is 3.31. The molecule has 5 amide bonds. The fraction of sp³-hybridized carbons (Fsp3) is 0.421. The van der Waals surface area contributed by atoms with Gasteiger partial charge >= 0.3 is 12.0 Å². The molecular weight excluding hydrogens is 366 g/mol. The number of esters is 1. The molecule has 0 aromatic heterocycles. The first-order chi connectivity index (χ1) is 13.4. The molecule has 3 aliphatic rings. The lowest BCUT2D eigenvalue weighted by atomic mass is 9.98. The molecule has 0 atom stereocenters. The molecule has 1 spiro atoms. The Morgan fingerprint density at radius 1 is 1.00 bits per heavy atom. The van der Waals surface area contributed by atoms with E-state index < -0.39 is 41.8 Å². The van der Waals surface area contributed by atoms with Crippen LogP contribution in [0.2, 0.25) is 0 Å². The van der Waals surface area contributed by atoms with Crippen LogP contribution < -0.4 is 5.32 Å². The predicted molar refractivity (Wildman–Crippen MR) is 94.2 cm³/mol. The van der Waals surface area contributed by atoms with Gasteiger partial charge in [-0.05, 0) is 25.0 Å². The third-order valence-electron chi connectivity index (χ3n) is 5.45. The van der Waals surface area contributed by atoms with Gasteiger partial charge in [-0.2, -0.15) is 0 Å². The minimum atomic E-state index is -0.877. The summed E-state index contributed by atoms with van der Waals surface area (Å²) in [5.74, 6) is -2.04. The molecule has 9 heteroatoms.